The Kier molecular flexibility index (Phi) is 6.17. The van der Waals surface area contributed by atoms with Crippen LogP contribution in [-0.2, 0) is 14.8 Å². The van der Waals surface area contributed by atoms with Crippen LogP contribution in [-0.4, -0.2) is 45.5 Å². The van der Waals surface area contributed by atoms with Crippen LogP contribution in [0, 0.1) is 0 Å². The van der Waals surface area contributed by atoms with E-state index < -0.39 is 10.0 Å². The van der Waals surface area contributed by atoms with Gasteiger partial charge in [-0.05, 0) is 61.7 Å². The number of sulfonamides is 1. The minimum atomic E-state index is -3.73. The van der Waals surface area contributed by atoms with Gasteiger partial charge in [-0.1, -0.05) is 18.2 Å². The number of nitrogens with two attached hydrogens (primary N) is 1. The average molecular weight is 446 g/mol. The van der Waals surface area contributed by atoms with Gasteiger partial charge in [-0.2, -0.15) is 0 Å². The SMILES string of the molecule is CC(NC(=O)CN1CCCC1c1ccc2c(c1)OCCO2)c1ccc(S(N)(=O)=O)cc1. The van der Waals surface area contributed by atoms with Crippen molar-refractivity contribution in [3.05, 3.63) is 53.6 Å². The van der Waals surface area contributed by atoms with Crippen molar-refractivity contribution in [1.82, 2.24) is 10.2 Å². The third-order valence-electron chi connectivity index (χ3n) is 5.75. The smallest absolute Gasteiger partial charge is 0.238 e. The Bertz CT molecular complexity index is 1060. The third kappa shape index (κ3) is 5.00. The summed E-state index contributed by atoms with van der Waals surface area (Å²) in [6.45, 7) is 4.11. The van der Waals surface area contributed by atoms with Gasteiger partial charge in [0.05, 0.1) is 17.5 Å². The number of hydrogen-bond acceptors (Lipinski definition) is 6. The lowest BCUT2D eigenvalue weighted by Crippen LogP contribution is -2.38. The molecule has 0 spiro atoms. The van der Waals surface area contributed by atoms with Gasteiger partial charge >= 0.3 is 0 Å². The molecule has 31 heavy (non-hydrogen) atoms. The van der Waals surface area contributed by atoms with E-state index in [9.17, 15) is 13.2 Å². The van der Waals surface area contributed by atoms with E-state index in [0.29, 0.717) is 19.8 Å². The zero-order valence-electron chi connectivity index (χ0n) is 17.4. The molecule has 2 aliphatic heterocycles. The van der Waals surface area contributed by atoms with Crippen LogP contribution in [0.25, 0.3) is 0 Å². The molecule has 2 unspecified atom stereocenters. The van der Waals surface area contributed by atoms with Crippen molar-refractivity contribution < 1.29 is 22.7 Å². The molecule has 9 heteroatoms. The number of benzene rings is 2. The molecule has 3 N–H and O–H groups in total. The maximum absolute atomic E-state index is 12.7. The van der Waals surface area contributed by atoms with Crippen LogP contribution < -0.4 is 19.9 Å². The lowest BCUT2D eigenvalue weighted by molar-refractivity contribution is -0.123. The van der Waals surface area contributed by atoms with E-state index in [0.717, 1.165) is 42.0 Å². The number of likely N-dealkylation sites (tertiary alicyclic amines) is 1. The second-order valence-electron chi connectivity index (χ2n) is 7.93. The Morgan fingerprint density at radius 1 is 1.16 bits per heavy atom. The Morgan fingerprint density at radius 2 is 1.87 bits per heavy atom. The molecule has 1 saturated heterocycles. The van der Waals surface area contributed by atoms with Crippen molar-refractivity contribution in [3.8, 4) is 11.5 Å². The molecule has 2 aromatic rings. The van der Waals surface area contributed by atoms with Crippen molar-refractivity contribution in [3.63, 3.8) is 0 Å². The van der Waals surface area contributed by atoms with E-state index in [1.165, 1.54) is 12.1 Å². The molecule has 2 atom stereocenters. The second-order valence-corrected chi connectivity index (χ2v) is 9.50. The molecule has 0 bridgehead atoms. The van der Waals surface area contributed by atoms with Crippen molar-refractivity contribution in [2.75, 3.05) is 26.3 Å². The summed E-state index contributed by atoms with van der Waals surface area (Å²) in [4.78, 5) is 14.9. The number of carbonyl (C=O) groups excluding carboxylic acids is 1. The monoisotopic (exact) mass is 445 g/mol. The number of amides is 1. The highest BCUT2D eigenvalue weighted by molar-refractivity contribution is 7.89. The molecule has 2 aliphatic rings. The summed E-state index contributed by atoms with van der Waals surface area (Å²) in [6.07, 6.45) is 2.01. The van der Waals surface area contributed by atoms with Crippen LogP contribution >= 0.6 is 0 Å². The first-order valence-corrected chi connectivity index (χ1v) is 11.9. The van der Waals surface area contributed by atoms with Crippen molar-refractivity contribution in [2.45, 2.75) is 36.7 Å². The normalized spacial score (nSPS) is 19.7. The lowest BCUT2D eigenvalue weighted by atomic mass is 10.0. The Labute approximate surface area is 182 Å². The van der Waals surface area contributed by atoms with Crippen LogP contribution in [0.1, 0.15) is 43.0 Å². The molecule has 8 nitrogen and oxygen atoms in total. The summed E-state index contributed by atoms with van der Waals surface area (Å²) in [7, 11) is -3.73. The molecule has 2 heterocycles. The predicted molar refractivity (Wildman–Crippen MR) is 115 cm³/mol. The number of ether oxygens (including phenoxy) is 2. The molecule has 1 amide bonds. The molecular formula is C22H27N3O5S. The molecule has 4 rings (SSSR count). The highest BCUT2D eigenvalue weighted by Gasteiger charge is 2.29. The number of primary sulfonamides is 1. The fourth-order valence-electron chi connectivity index (χ4n) is 4.16. The van der Waals surface area contributed by atoms with Crippen LogP contribution in [0.15, 0.2) is 47.4 Å². The first kappa shape index (κ1) is 21.6. The number of fused-ring (bicyclic) bond motifs is 1. The Balaban J connectivity index is 1.38. The van der Waals surface area contributed by atoms with E-state index >= 15 is 0 Å². The van der Waals surface area contributed by atoms with Gasteiger partial charge in [0.15, 0.2) is 11.5 Å². The number of hydrogen-bond donors (Lipinski definition) is 2. The van der Waals surface area contributed by atoms with Crippen LogP contribution in [0.3, 0.4) is 0 Å². The highest BCUT2D eigenvalue weighted by Crippen LogP contribution is 2.37. The van der Waals surface area contributed by atoms with Gasteiger partial charge < -0.3 is 14.8 Å². The van der Waals surface area contributed by atoms with E-state index in [-0.39, 0.29) is 22.9 Å². The Morgan fingerprint density at radius 3 is 2.58 bits per heavy atom. The highest BCUT2D eigenvalue weighted by atomic mass is 32.2. The summed E-state index contributed by atoms with van der Waals surface area (Å²) < 4.78 is 34.1. The van der Waals surface area contributed by atoms with Crippen LogP contribution in [0.4, 0.5) is 0 Å². The molecule has 1 fully saturated rings. The lowest BCUT2D eigenvalue weighted by Gasteiger charge is -2.26. The summed E-state index contributed by atoms with van der Waals surface area (Å²) in [6, 6.07) is 12.1. The summed E-state index contributed by atoms with van der Waals surface area (Å²) in [5, 5.41) is 8.13. The van der Waals surface area contributed by atoms with E-state index in [4.69, 9.17) is 14.6 Å². The van der Waals surface area contributed by atoms with Gasteiger partial charge in [-0.15, -0.1) is 0 Å². The fraction of sp³-hybridized carbons (Fsp3) is 0.409. The molecule has 2 aromatic carbocycles. The maximum Gasteiger partial charge on any atom is 0.238 e. The van der Waals surface area contributed by atoms with Gasteiger partial charge in [-0.25, -0.2) is 13.6 Å². The minimum Gasteiger partial charge on any atom is -0.486 e. The molecule has 0 saturated carbocycles. The maximum atomic E-state index is 12.7. The quantitative estimate of drug-likeness (QED) is 0.705. The van der Waals surface area contributed by atoms with Gasteiger partial charge in [0, 0.05) is 6.04 Å². The van der Waals surface area contributed by atoms with Crippen molar-refractivity contribution >= 4 is 15.9 Å². The average Bonchev–Trinajstić information content (AvgIpc) is 3.20. The van der Waals surface area contributed by atoms with Gasteiger partial charge in [-0.3, -0.25) is 9.69 Å². The second kappa shape index (κ2) is 8.86. The van der Waals surface area contributed by atoms with E-state index in [1.807, 2.05) is 25.1 Å². The molecule has 0 aliphatic carbocycles. The van der Waals surface area contributed by atoms with Gasteiger partial charge in [0.25, 0.3) is 0 Å². The van der Waals surface area contributed by atoms with Crippen LogP contribution in [0.2, 0.25) is 0 Å². The largest absolute Gasteiger partial charge is 0.486 e. The third-order valence-corrected chi connectivity index (χ3v) is 6.68. The number of nitrogens with one attached hydrogen (secondary N) is 1. The zero-order valence-corrected chi connectivity index (χ0v) is 18.2. The zero-order chi connectivity index (χ0) is 22.0. The first-order valence-electron chi connectivity index (χ1n) is 10.4. The molecular weight excluding hydrogens is 418 g/mol. The summed E-state index contributed by atoms with van der Waals surface area (Å²) in [5.41, 5.74) is 1.94. The topological polar surface area (TPSA) is 111 Å². The van der Waals surface area contributed by atoms with Crippen molar-refractivity contribution in [2.24, 2.45) is 5.14 Å². The van der Waals surface area contributed by atoms with Crippen molar-refractivity contribution in [1.29, 1.82) is 0 Å². The minimum absolute atomic E-state index is 0.0501. The predicted octanol–water partition coefficient (Wildman–Crippen LogP) is 2.12. The van der Waals surface area contributed by atoms with E-state index in [1.54, 1.807) is 12.1 Å². The standard InChI is InChI=1S/C22H27N3O5S/c1-15(16-4-7-18(8-5-16)31(23,27)28)24-22(26)14-25-10-2-3-19(25)17-6-9-20-21(13-17)30-12-11-29-20/h4-9,13,15,19H,2-3,10-12,14H2,1H3,(H,24,26)(H2,23,27,28). The molecule has 0 aromatic heterocycles. The number of rotatable bonds is 6. The Hall–Kier alpha value is -2.62. The number of nitrogens with zero attached hydrogens (tertiary/aromatic N) is 1. The first-order chi connectivity index (χ1) is 14.8. The fourth-order valence-corrected chi connectivity index (χ4v) is 4.68. The summed E-state index contributed by atoms with van der Waals surface area (Å²) >= 11 is 0. The molecule has 166 valence electrons. The number of carbonyl (C=O) groups is 1. The van der Waals surface area contributed by atoms with Gasteiger partial charge in [0.1, 0.15) is 13.2 Å². The van der Waals surface area contributed by atoms with Gasteiger partial charge in [0.2, 0.25) is 15.9 Å². The summed E-state index contributed by atoms with van der Waals surface area (Å²) in [5.74, 6) is 1.45. The van der Waals surface area contributed by atoms with E-state index in [2.05, 4.69) is 10.2 Å². The molecule has 0 radical (unpaired) electrons. The van der Waals surface area contributed by atoms with Crippen LogP contribution in [0.5, 0.6) is 11.5 Å².